The number of pyridine rings is 1. The molecule has 7 heteroatoms. The Balaban J connectivity index is 1.12. The summed E-state index contributed by atoms with van der Waals surface area (Å²) in [6.45, 7) is 5.55. The van der Waals surface area contributed by atoms with E-state index in [-0.39, 0.29) is 0 Å². The van der Waals surface area contributed by atoms with Crippen LogP contribution in [0.3, 0.4) is 0 Å². The highest BCUT2D eigenvalue weighted by molar-refractivity contribution is 6.36. The van der Waals surface area contributed by atoms with E-state index >= 15 is 0 Å². The van der Waals surface area contributed by atoms with Gasteiger partial charge in [-0.15, -0.1) is 0 Å². The van der Waals surface area contributed by atoms with E-state index in [2.05, 4.69) is 173 Å². The maximum atomic E-state index is 7.63. The smallest absolute Gasteiger partial charge is 0.219 e. The summed E-state index contributed by atoms with van der Waals surface area (Å²) >= 11 is 7.63. The molecular formula is C52H42ClN5O. The quantitative estimate of drug-likeness (QED) is 0.123. The second-order valence-electron chi connectivity index (χ2n) is 14.6. The predicted molar refractivity (Wildman–Crippen MR) is 243 cm³/mol. The van der Waals surface area contributed by atoms with Crippen LogP contribution < -0.4 is 14.5 Å². The van der Waals surface area contributed by atoms with E-state index in [9.17, 15) is 0 Å². The number of halogens is 1. The van der Waals surface area contributed by atoms with Crippen molar-refractivity contribution in [3.63, 3.8) is 0 Å². The molecule has 0 bridgehead atoms. The molecule has 0 spiro atoms. The van der Waals surface area contributed by atoms with E-state index < -0.39 is 0 Å². The van der Waals surface area contributed by atoms with Gasteiger partial charge in [0.1, 0.15) is 11.6 Å². The van der Waals surface area contributed by atoms with Crippen molar-refractivity contribution in [2.45, 2.75) is 26.9 Å². The van der Waals surface area contributed by atoms with Crippen molar-refractivity contribution in [1.82, 2.24) is 14.5 Å². The highest BCUT2D eigenvalue weighted by atomic mass is 35.5. The third kappa shape index (κ3) is 7.91. The van der Waals surface area contributed by atoms with Gasteiger partial charge < -0.3 is 14.5 Å². The maximum Gasteiger partial charge on any atom is 0.219 e. The minimum atomic E-state index is 0.545. The van der Waals surface area contributed by atoms with Gasteiger partial charge in [0.25, 0.3) is 0 Å². The first-order valence-electron chi connectivity index (χ1n) is 19.7. The fraction of sp³-hybridized carbons (Fsp3) is 0.0769. The maximum absolute atomic E-state index is 7.63. The van der Waals surface area contributed by atoms with Gasteiger partial charge in [-0.25, -0.2) is 9.97 Å². The Morgan fingerprint density at radius 1 is 0.542 bits per heavy atom. The minimum Gasteiger partial charge on any atom is -0.439 e. The van der Waals surface area contributed by atoms with Crippen molar-refractivity contribution in [3.05, 3.63) is 222 Å². The third-order valence-corrected chi connectivity index (χ3v) is 11.0. The third-order valence-electron chi connectivity index (χ3n) is 10.6. The SMILES string of the molecule is Cc1cccc(C)c1-n1c(-c2ccc(N(Cc3ccccc3)c3cccc(N(Cc4ccccc4)c4ccc(Oc5ccccn5)cc4)c3Cl)cc2)nc2ccccc21. The highest BCUT2D eigenvalue weighted by Crippen LogP contribution is 2.43. The molecule has 0 saturated carbocycles. The van der Waals surface area contributed by atoms with Crippen LogP contribution >= 0.6 is 11.6 Å². The van der Waals surface area contributed by atoms with Gasteiger partial charge in [-0.3, -0.25) is 4.57 Å². The Morgan fingerprint density at radius 2 is 1.08 bits per heavy atom. The Labute approximate surface area is 350 Å². The van der Waals surface area contributed by atoms with Crippen LogP contribution in [0, 0.1) is 13.8 Å². The van der Waals surface area contributed by atoms with Gasteiger partial charge in [-0.2, -0.15) is 0 Å². The summed E-state index contributed by atoms with van der Waals surface area (Å²) in [7, 11) is 0. The van der Waals surface area contributed by atoms with Gasteiger partial charge in [0.15, 0.2) is 0 Å². The molecule has 6 nitrogen and oxygen atoms in total. The van der Waals surface area contributed by atoms with Gasteiger partial charge in [-0.05, 0) is 115 Å². The van der Waals surface area contributed by atoms with E-state index in [4.69, 9.17) is 21.3 Å². The largest absolute Gasteiger partial charge is 0.439 e. The summed E-state index contributed by atoms with van der Waals surface area (Å²) in [4.78, 5) is 14.1. The summed E-state index contributed by atoms with van der Waals surface area (Å²) in [5.74, 6) is 2.15. The summed E-state index contributed by atoms with van der Waals surface area (Å²) in [5.41, 5.74) is 12.7. The number of benzene rings is 7. The topological polar surface area (TPSA) is 46.4 Å². The van der Waals surface area contributed by atoms with Crippen molar-refractivity contribution in [2.24, 2.45) is 0 Å². The van der Waals surface area contributed by atoms with Crippen molar-refractivity contribution < 1.29 is 4.74 Å². The average Bonchev–Trinajstić information content (AvgIpc) is 3.66. The summed E-state index contributed by atoms with van der Waals surface area (Å²) < 4.78 is 8.34. The number of aromatic nitrogens is 3. The van der Waals surface area contributed by atoms with Crippen molar-refractivity contribution in [3.8, 4) is 28.7 Å². The van der Waals surface area contributed by atoms with Crippen molar-refractivity contribution in [2.75, 3.05) is 9.80 Å². The average molecular weight is 788 g/mol. The number of imidazole rings is 1. The Hall–Kier alpha value is -7.15. The summed E-state index contributed by atoms with van der Waals surface area (Å²) in [6, 6.07) is 64.5. The Bertz CT molecular complexity index is 2810. The molecule has 0 radical (unpaired) electrons. The zero-order valence-corrected chi connectivity index (χ0v) is 33.7. The normalized spacial score (nSPS) is 11.1. The lowest BCUT2D eigenvalue weighted by atomic mass is 10.1. The van der Waals surface area contributed by atoms with Crippen molar-refractivity contribution in [1.29, 1.82) is 0 Å². The molecule has 59 heavy (non-hydrogen) atoms. The number of para-hydroxylation sites is 3. The lowest BCUT2D eigenvalue weighted by Crippen LogP contribution is -2.20. The molecule has 0 fully saturated rings. The number of hydrogen-bond acceptors (Lipinski definition) is 5. The molecule has 0 saturated heterocycles. The molecule has 2 heterocycles. The molecule has 7 aromatic carbocycles. The molecule has 9 aromatic rings. The molecule has 0 aliphatic rings. The molecule has 0 amide bonds. The lowest BCUT2D eigenvalue weighted by Gasteiger charge is -2.31. The van der Waals surface area contributed by atoms with Crippen molar-refractivity contribution >= 4 is 45.4 Å². The van der Waals surface area contributed by atoms with Gasteiger partial charge in [0.2, 0.25) is 5.88 Å². The minimum absolute atomic E-state index is 0.545. The first-order valence-corrected chi connectivity index (χ1v) is 20.1. The second-order valence-corrected chi connectivity index (χ2v) is 14.9. The van der Waals surface area contributed by atoms with Gasteiger partial charge >= 0.3 is 0 Å². The van der Waals surface area contributed by atoms with E-state index in [1.165, 1.54) is 16.7 Å². The summed E-state index contributed by atoms with van der Waals surface area (Å²) in [5, 5.41) is 0.647. The van der Waals surface area contributed by atoms with Crippen LogP contribution in [0.2, 0.25) is 5.02 Å². The van der Waals surface area contributed by atoms with E-state index in [0.717, 1.165) is 56.4 Å². The molecule has 0 N–H and O–H groups in total. The van der Waals surface area contributed by atoms with Crippen LogP contribution in [-0.2, 0) is 13.1 Å². The predicted octanol–water partition coefficient (Wildman–Crippen LogP) is 13.8. The van der Waals surface area contributed by atoms with E-state index in [0.29, 0.717) is 29.7 Å². The number of anilines is 4. The molecule has 9 rings (SSSR count). The number of nitrogens with zero attached hydrogens (tertiary/aromatic N) is 5. The molecule has 0 atom stereocenters. The first kappa shape index (κ1) is 37.4. The number of hydrogen-bond donors (Lipinski definition) is 0. The van der Waals surface area contributed by atoms with E-state index in [1.807, 2.05) is 48.5 Å². The van der Waals surface area contributed by atoms with Crippen LogP contribution in [0.1, 0.15) is 22.3 Å². The molecule has 0 aliphatic carbocycles. The summed E-state index contributed by atoms with van der Waals surface area (Å²) in [6.07, 6.45) is 1.72. The number of fused-ring (bicyclic) bond motifs is 1. The second kappa shape index (κ2) is 16.8. The molecule has 288 valence electrons. The van der Waals surface area contributed by atoms with Crippen LogP contribution in [0.4, 0.5) is 22.7 Å². The standard InChI is InChI=1S/C52H42ClN5O/c1-37-15-13-16-38(2)51(37)58-46-22-10-9-21-45(46)55-52(58)41-26-28-42(29-27-41)56(35-39-17-5-3-6-18-39)47-23-14-24-48(50(47)53)57(36-40-19-7-4-8-20-40)43-30-32-44(33-31-43)59-49-25-11-12-34-54-49/h3-34H,35-36H2,1-2H3. The molecule has 0 unspecified atom stereocenters. The fourth-order valence-electron chi connectivity index (χ4n) is 7.71. The number of aryl methyl sites for hydroxylation is 2. The lowest BCUT2D eigenvalue weighted by molar-refractivity contribution is 0.463. The first-order chi connectivity index (χ1) is 29.0. The zero-order valence-electron chi connectivity index (χ0n) is 32.9. The Morgan fingerprint density at radius 3 is 1.68 bits per heavy atom. The number of rotatable bonds is 12. The van der Waals surface area contributed by atoms with Crippen LogP contribution in [0.25, 0.3) is 28.1 Å². The van der Waals surface area contributed by atoms with Gasteiger partial charge in [-0.1, -0.05) is 115 Å². The fourth-order valence-corrected chi connectivity index (χ4v) is 8.04. The van der Waals surface area contributed by atoms with Gasteiger partial charge in [0, 0.05) is 42.3 Å². The van der Waals surface area contributed by atoms with E-state index in [1.54, 1.807) is 6.20 Å². The van der Waals surface area contributed by atoms with Crippen LogP contribution in [0.5, 0.6) is 11.6 Å². The zero-order chi connectivity index (χ0) is 40.1. The molecule has 2 aromatic heterocycles. The highest BCUT2D eigenvalue weighted by Gasteiger charge is 2.22. The van der Waals surface area contributed by atoms with Gasteiger partial charge in [0.05, 0.1) is 33.1 Å². The molecule has 0 aliphatic heterocycles. The van der Waals surface area contributed by atoms with Crippen LogP contribution in [-0.4, -0.2) is 14.5 Å². The Kier molecular flexibility index (Phi) is 10.6. The molecular weight excluding hydrogens is 746 g/mol. The monoisotopic (exact) mass is 787 g/mol. The number of ether oxygens (including phenoxy) is 1. The van der Waals surface area contributed by atoms with Crippen LogP contribution in [0.15, 0.2) is 194 Å².